The number of anilines is 1. The van der Waals surface area contributed by atoms with Gasteiger partial charge in [0.25, 0.3) is 0 Å². The molecule has 2 rings (SSSR count). The van der Waals surface area contributed by atoms with Gasteiger partial charge >= 0.3 is 0 Å². The Hall–Kier alpha value is -0.860. The number of carbonyl (C=O) groups excluding carboxylic acids is 1. The van der Waals surface area contributed by atoms with Gasteiger partial charge in [0, 0.05) is 27.8 Å². The fraction of sp³-hybridized carbons (Fsp3) is 0.250. The summed E-state index contributed by atoms with van der Waals surface area (Å²) in [6.07, 6.45) is 5.66. The topological polar surface area (TPSA) is 20.3 Å². The Morgan fingerprint density at radius 2 is 2.00 bits per heavy atom. The Bertz CT molecular complexity index is 501. The van der Waals surface area contributed by atoms with E-state index in [9.17, 15) is 9.18 Å². The lowest BCUT2D eigenvalue weighted by Crippen LogP contribution is -2.25. The maximum atomic E-state index is 13.1. The van der Waals surface area contributed by atoms with Gasteiger partial charge in [-0.25, -0.2) is 4.39 Å². The summed E-state index contributed by atoms with van der Waals surface area (Å²) in [5.41, 5.74) is 0.633. The van der Waals surface area contributed by atoms with Crippen LogP contribution in [0.2, 0.25) is 0 Å². The Morgan fingerprint density at radius 1 is 1.41 bits per heavy atom. The first kappa shape index (κ1) is 12.6. The zero-order valence-electron chi connectivity index (χ0n) is 8.71. The number of benzene rings is 1. The van der Waals surface area contributed by atoms with Gasteiger partial charge in [-0.3, -0.25) is 4.79 Å². The Kier molecular flexibility index (Phi) is 3.55. The van der Waals surface area contributed by atoms with Crippen molar-refractivity contribution in [3.05, 3.63) is 26.9 Å². The summed E-state index contributed by atoms with van der Waals surface area (Å²) in [6.45, 7) is 0.470. The molecule has 1 saturated heterocycles. The third kappa shape index (κ3) is 2.38. The molecule has 0 radical (unpaired) electrons. The first-order valence-electron chi connectivity index (χ1n) is 4.94. The largest absolute Gasteiger partial charge is 0.309 e. The van der Waals surface area contributed by atoms with Gasteiger partial charge in [0.05, 0.1) is 5.69 Å². The molecule has 0 spiro atoms. The first-order valence-corrected chi connectivity index (χ1v) is 6.52. The maximum absolute atomic E-state index is 13.1. The second-order valence-corrected chi connectivity index (χ2v) is 5.50. The van der Waals surface area contributed by atoms with Crippen LogP contribution in [-0.2, 0) is 4.79 Å². The van der Waals surface area contributed by atoms with Crippen LogP contribution in [0.4, 0.5) is 10.1 Å². The summed E-state index contributed by atoms with van der Waals surface area (Å²) in [5, 5.41) is 0. The van der Waals surface area contributed by atoms with Gasteiger partial charge in [-0.05, 0) is 44.0 Å². The zero-order valence-corrected chi connectivity index (χ0v) is 11.9. The number of rotatable bonds is 1. The number of hydrogen-bond donors (Lipinski definition) is 0. The van der Waals surface area contributed by atoms with Crippen molar-refractivity contribution in [1.29, 1.82) is 0 Å². The van der Waals surface area contributed by atoms with Crippen LogP contribution in [0.25, 0.3) is 0 Å². The molecule has 5 heteroatoms. The highest BCUT2D eigenvalue weighted by molar-refractivity contribution is 9.11. The van der Waals surface area contributed by atoms with Crippen LogP contribution in [0.15, 0.2) is 21.1 Å². The molecule has 1 unspecified atom stereocenters. The summed E-state index contributed by atoms with van der Waals surface area (Å²) >= 11 is 6.52. The number of nitrogens with zero attached hydrogens (tertiary/aromatic N) is 1. The van der Waals surface area contributed by atoms with Crippen LogP contribution in [-0.4, -0.2) is 12.5 Å². The van der Waals surface area contributed by atoms with Crippen LogP contribution in [0, 0.1) is 24.1 Å². The molecule has 1 atom stereocenters. The van der Waals surface area contributed by atoms with E-state index in [1.165, 1.54) is 12.1 Å². The first-order chi connectivity index (χ1) is 8.02. The fourth-order valence-electron chi connectivity index (χ4n) is 1.83. The van der Waals surface area contributed by atoms with E-state index in [1.54, 1.807) is 4.90 Å². The van der Waals surface area contributed by atoms with Gasteiger partial charge in [0.15, 0.2) is 0 Å². The Balaban J connectivity index is 2.42. The van der Waals surface area contributed by atoms with E-state index in [0.717, 1.165) is 0 Å². The van der Waals surface area contributed by atoms with Crippen LogP contribution in [0.3, 0.4) is 0 Å². The SMILES string of the molecule is C#CC1CC(=O)N(c2c(Br)cc(F)cc2Br)C1. The molecule has 1 aliphatic rings. The summed E-state index contributed by atoms with van der Waals surface area (Å²) in [7, 11) is 0. The van der Waals surface area contributed by atoms with Gasteiger partial charge in [0.2, 0.25) is 5.91 Å². The molecule has 2 nitrogen and oxygen atoms in total. The standard InChI is InChI=1S/C12H8Br2FNO/c1-2-7-3-11(17)16(6-7)12-9(13)4-8(15)5-10(12)14/h1,4-5,7H,3,6H2. The van der Waals surface area contributed by atoms with Crippen molar-refractivity contribution in [3.8, 4) is 12.3 Å². The van der Waals surface area contributed by atoms with E-state index in [1.807, 2.05) is 0 Å². The van der Waals surface area contributed by atoms with Gasteiger partial charge in [-0.15, -0.1) is 12.3 Å². The highest BCUT2D eigenvalue weighted by Crippen LogP contribution is 2.38. The van der Waals surface area contributed by atoms with E-state index < -0.39 is 0 Å². The lowest BCUT2D eigenvalue weighted by atomic mass is 10.1. The molecule has 1 aliphatic heterocycles. The monoisotopic (exact) mass is 359 g/mol. The molecule has 17 heavy (non-hydrogen) atoms. The average molecular weight is 361 g/mol. The van der Waals surface area contributed by atoms with Crippen LogP contribution < -0.4 is 4.90 Å². The van der Waals surface area contributed by atoms with Crippen LogP contribution >= 0.6 is 31.9 Å². The molecule has 88 valence electrons. The molecule has 1 aromatic rings. The van der Waals surface area contributed by atoms with Gasteiger partial charge in [0.1, 0.15) is 5.82 Å². The third-order valence-corrected chi connectivity index (χ3v) is 3.82. The summed E-state index contributed by atoms with van der Waals surface area (Å²) < 4.78 is 14.2. The third-order valence-electron chi connectivity index (χ3n) is 2.61. The van der Waals surface area contributed by atoms with Crippen molar-refractivity contribution in [3.63, 3.8) is 0 Å². The van der Waals surface area contributed by atoms with Crippen molar-refractivity contribution in [2.75, 3.05) is 11.4 Å². The summed E-state index contributed by atoms with van der Waals surface area (Å²) in [4.78, 5) is 13.4. The van der Waals surface area contributed by atoms with Crippen molar-refractivity contribution in [1.82, 2.24) is 0 Å². The van der Waals surface area contributed by atoms with E-state index in [0.29, 0.717) is 27.6 Å². The zero-order chi connectivity index (χ0) is 12.6. The molecule has 0 aliphatic carbocycles. The molecule has 1 fully saturated rings. The quantitative estimate of drug-likeness (QED) is 0.703. The molecule has 0 bridgehead atoms. The van der Waals surface area contributed by atoms with Gasteiger partial charge < -0.3 is 4.90 Å². The van der Waals surface area contributed by atoms with Gasteiger partial charge in [-0.2, -0.15) is 0 Å². The highest BCUT2D eigenvalue weighted by atomic mass is 79.9. The van der Waals surface area contributed by atoms with Crippen molar-refractivity contribution >= 4 is 43.5 Å². The molecule has 0 saturated carbocycles. The van der Waals surface area contributed by atoms with E-state index in [2.05, 4.69) is 37.8 Å². The van der Waals surface area contributed by atoms with E-state index >= 15 is 0 Å². The maximum Gasteiger partial charge on any atom is 0.228 e. The molecular formula is C12H8Br2FNO. The fourth-order valence-corrected chi connectivity index (χ4v) is 3.39. The van der Waals surface area contributed by atoms with Gasteiger partial charge in [-0.1, -0.05) is 0 Å². The molecular weight excluding hydrogens is 353 g/mol. The second-order valence-electron chi connectivity index (χ2n) is 3.79. The smallest absolute Gasteiger partial charge is 0.228 e. The predicted octanol–water partition coefficient (Wildman–Crippen LogP) is 3.34. The second kappa shape index (κ2) is 4.79. The predicted molar refractivity (Wildman–Crippen MR) is 71.1 cm³/mol. The van der Waals surface area contributed by atoms with Crippen LogP contribution in [0.1, 0.15) is 6.42 Å². The number of hydrogen-bond acceptors (Lipinski definition) is 1. The minimum atomic E-state index is -0.368. The van der Waals surface area contributed by atoms with E-state index in [4.69, 9.17) is 6.42 Å². The lowest BCUT2D eigenvalue weighted by Gasteiger charge is -2.19. The van der Waals surface area contributed by atoms with E-state index in [-0.39, 0.29) is 17.6 Å². The summed E-state index contributed by atoms with van der Waals surface area (Å²) in [6, 6.07) is 2.66. The molecule has 0 N–H and O–H groups in total. The Morgan fingerprint density at radius 3 is 2.47 bits per heavy atom. The molecule has 0 aromatic heterocycles. The van der Waals surface area contributed by atoms with Crippen molar-refractivity contribution in [2.45, 2.75) is 6.42 Å². The minimum Gasteiger partial charge on any atom is -0.309 e. The lowest BCUT2D eigenvalue weighted by molar-refractivity contribution is -0.117. The number of terminal acetylenes is 1. The molecule has 1 amide bonds. The molecule has 1 aromatic carbocycles. The normalized spacial score (nSPS) is 19.5. The summed E-state index contributed by atoms with van der Waals surface area (Å²) in [5.74, 6) is 2.09. The van der Waals surface area contributed by atoms with Crippen LogP contribution in [0.5, 0.6) is 0 Å². The number of carbonyl (C=O) groups is 1. The van der Waals surface area contributed by atoms with Crippen molar-refractivity contribution < 1.29 is 9.18 Å². The highest BCUT2D eigenvalue weighted by Gasteiger charge is 2.31. The number of amides is 1. The molecule has 1 heterocycles. The van der Waals surface area contributed by atoms with Crippen molar-refractivity contribution in [2.24, 2.45) is 5.92 Å². The average Bonchev–Trinajstić information content (AvgIpc) is 2.59. The minimum absolute atomic E-state index is 0.0408. The number of halogens is 3. The Labute approximate surface area is 115 Å².